The van der Waals surface area contributed by atoms with Gasteiger partial charge < -0.3 is 4.74 Å². The second kappa shape index (κ2) is 6.54. The van der Waals surface area contributed by atoms with Crippen LogP contribution in [0, 0.1) is 23.2 Å². The van der Waals surface area contributed by atoms with Gasteiger partial charge in [0.2, 0.25) is 0 Å². The van der Waals surface area contributed by atoms with Crippen molar-refractivity contribution >= 4 is 0 Å². The molecular weight excluding hydrogens is 224 g/mol. The van der Waals surface area contributed by atoms with Gasteiger partial charge in [0.05, 0.1) is 12.7 Å². The van der Waals surface area contributed by atoms with Crippen LogP contribution in [0.1, 0.15) is 51.9 Å². The van der Waals surface area contributed by atoms with Crippen molar-refractivity contribution in [2.24, 2.45) is 11.8 Å². The van der Waals surface area contributed by atoms with E-state index in [1.807, 2.05) is 0 Å². The highest BCUT2D eigenvalue weighted by molar-refractivity contribution is 5.15. The molecule has 1 unspecified atom stereocenters. The number of nitriles is 1. The molecule has 18 heavy (non-hydrogen) atoms. The molecule has 2 saturated carbocycles. The van der Waals surface area contributed by atoms with Crippen molar-refractivity contribution in [3.8, 4) is 6.07 Å². The molecule has 0 heterocycles. The Morgan fingerprint density at radius 1 is 1.33 bits per heavy atom. The molecule has 0 spiro atoms. The van der Waals surface area contributed by atoms with E-state index in [4.69, 9.17) is 4.74 Å². The van der Waals surface area contributed by atoms with E-state index in [2.05, 4.69) is 18.3 Å². The maximum atomic E-state index is 9.49. The topological polar surface area (TPSA) is 45.0 Å². The Morgan fingerprint density at radius 3 is 2.61 bits per heavy atom. The van der Waals surface area contributed by atoms with E-state index >= 15 is 0 Å². The summed E-state index contributed by atoms with van der Waals surface area (Å²) in [4.78, 5) is 0. The average molecular weight is 250 g/mol. The summed E-state index contributed by atoms with van der Waals surface area (Å²) in [7, 11) is 0. The molecule has 0 radical (unpaired) electrons. The summed E-state index contributed by atoms with van der Waals surface area (Å²) in [5.74, 6) is 1.41. The molecule has 0 aliphatic heterocycles. The Kier molecular flexibility index (Phi) is 5.03. The van der Waals surface area contributed by atoms with Crippen molar-refractivity contribution in [2.75, 3.05) is 19.8 Å². The van der Waals surface area contributed by atoms with Gasteiger partial charge in [0, 0.05) is 6.61 Å². The van der Waals surface area contributed by atoms with E-state index in [9.17, 15) is 5.26 Å². The lowest BCUT2D eigenvalue weighted by molar-refractivity contribution is 0.0643. The summed E-state index contributed by atoms with van der Waals surface area (Å²) in [6.45, 7) is 4.45. The number of nitrogens with one attached hydrogen (secondary N) is 1. The Balaban J connectivity index is 1.71. The van der Waals surface area contributed by atoms with E-state index in [1.54, 1.807) is 0 Å². The molecule has 0 aromatic carbocycles. The standard InChI is InChI=1S/C15H26N2O/c1-2-9-17-15(11-16,14-6-7-14)12-18-10-8-13-4-3-5-13/h13-14,17H,2-10,12H2,1H3. The molecule has 2 aliphatic carbocycles. The fourth-order valence-corrected chi connectivity index (χ4v) is 2.67. The van der Waals surface area contributed by atoms with Gasteiger partial charge in [-0.25, -0.2) is 0 Å². The van der Waals surface area contributed by atoms with Crippen LogP contribution < -0.4 is 5.32 Å². The molecule has 3 heteroatoms. The highest BCUT2D eigenvalue weighted by Gasteiger charge is 2.45. The van der Waals surface area contributed by atoms with Crippen molar-refractivity contribution in [1.82, 2.24) is 5.32 Å². The summed E-state index contributed by atoms with van der Waals surface area (Å²) in [6, 6.07) is 2.49. The third-order valence-corrected chi connectivity index (χ3v) is 4.39. The molecule has 2 aliphatic rings. The smallest absolute Gasteiger partial charge is 0.133 e. The minimum Gasteiger partial charge on any atom is -0.378 e. The SMILES string of the molecule is CCCNC(C#N)(COCCC1CCC1)C1CC1. The van der Waals surface area contributed by atoms with E-state index in [-0.39, 0.29) is 0 Å². The zero-order chi connectivity index (χ0) is 12.8. The number of hydrogen-bond acceptors (Lipinski definition) is 3. The first-order valence-corrected chi connectivity index (χ1v) is 7.55. The van der Waals surface area contributed by atoms with E-state index in [0.29, 0.717) is 12.5 Å². The third kappa shape index (κ3) is 3.46. The van der Waals surface area contributed by atoms with Gasteiger partial charge in [0.15, 0.2) is 0 Å². The van der Waals surface area contributed by atoms with Crippen molar-refractivity contribution in [3.63, 3.8) is 0 Å². The van der Waals surface area contributed by atoms with Gasteiger partial charge in [-0.1, -0.05) is 26.2 Å². The quantitative estimate of drug-likeness (QED) is 0.640. The van der Waals surface area contributed by atoms with E-state index < -0.39 is 5.54 Å². The first kappa shape index (κ1) is 13.8. The van der Waals surface area contributed by atoms with Crippen molar-refractivity contribution in [2.45, 2.75) is 57.4 Å². The summed E-state index contributed by atoms with van der Waals surface area (Å²) < 4.78 is 5.81. The molecule has 1 atom stereocenters. The van der Waals surface area contributed by atoms with Crippen LogP contribution in [-0.4, -0.2) is 25.3 Å². The molecule has 0 aromatic rings. The van der Waals surface area contributed by atoms with Gasteiger partial charge in [-0.2, -0.15) is 5.26 Å². The molecule has 2 rings (SSSR count). The fourth-order valence-electron chi connectivity index (χ4n) is 2.67. The van der Waals surface area contributed by atoms with Crippen molar-refractivity contribution < 1.29 is 4.74 Å². The van der Waals surface area contributed by atoms with Gasteiger partial charge in [-0.3, -0.25) is 5.32 Å². The average Bonchev–Trinajstić information content (AvgIpc) is 3.15. The first-order valence-electron chi connectivity index (χ1n) is 7.55. The lowest BCUT2D eigenvalue weighted by Gasteiger charge is -2.29. The molecular formula is C15H26N2O. The van der Waals surface area contributed by atoms with Gasteiger partial charge in [-0.15, -0.1) is 0 Å². The molecule has 1 N–H and O–H groups in total. The van der Waals surface area contributed by atoms with Crippen LogP contribution in [0.15, 0.2) is 0 Å². The Bertz CT molecular complexity index is 291. The molecule has 102 valence electrons. The Labute approximate surface area is 111 Å². The number of hydrogen-bond donors (Lipinski definition) is 1. The molecule has 0 saturated heterocycles. The minimum atomic E-state index is -0.407. The molecule has 0 amide bonds. The summed E-state index contributed by atoms with van der Waals surface area (Å²) in [5.41, 5.74) is -0.407. The zero-order valence-corrected chi connectivity index (χ0v) is 11.6. The highest BCUT2D eigenvalue weighted by Crippen LogP contribution is 2.39. The van der Waals surface area contributed by atoms with E-state index in [0.717, 1.165) is 25.5 Å². The second-order valence-electron chi connectivity index (χ2n) is 5.92. The van der Waals surface area contributed by atoms with Crippen LogP contribution in [-0.2, 0) is 4.74 Å². The van der Waals surface area contributed by atoms with E-state index in [1.165, 1.54) is 38.5 Å². The predicted molar refractivity (Wildman–Crippen MR) is 72.1 cm³/mol. The maximum absolute atomic E-state index is 9.49. The van der Waals surface area contributed by atoms with Gasteiger partial charge >= 0.3 is 0 Å². The first-order chi connectivity index (χ1) is 8.80. The Hall–Kier alpha value is -0.590. The maximum Gasteiger partial charge on any atom is 0.133 e. The predicted octanol–water partition coefficient (Wildman–Crippen LogP) is 2.87. The van der Waals surface area contributed by atoms with Crippen LogP contribution in [0.3, 0.4) is 0 Å². The molecule has 0 aromatic heterocycles. The van der Waals surface area contributed by atoms with Gasteiger partial charge in [0.25, 0.3) is 0 Å². The fraction of sp³-hybridized carbons (Fsp3) is 0.933. The van der Waals surface area contributed by atoms with Crippen LogP contribution in [0.4, 0.5) is 0 Å². The second-order valence-corrected chi connectivity index (χ2v) is 5.92. The normalized spacial score (nSPS) is 23.1. The molecule has 3 nitrogen and oxygen atoms in total. The van der Waals surface area contributed by atoms with Crippen LogP contribution in [0.25, 0.3) is 0 Å². The number of ether oxygens (including phenoxy) is 1. The third-order valence-electron chi connectivity index (χ3n) is 4.39. The number of nitrogens with zero attached hydrogens (tertiary/aromatic N) is 1. The largest absolute Gasteiger partial charge is 0.378 e. The summed E-state index contributed by atoms with van der Waals surface area (Å²) >= 11 is 0. The number of rotatable bonds is 9. The van der Waals surface area contributed by atoms with Gasteiger partial charge in [-0.05, 0) is 44.1 Å². The molecule has 2 fully saturated rings. The minimum absolute atomic E-state index is 0.407. The van der Waals surface area contributed by atoms with Crippen molar-refractivity contribution in [1.29, 1.82) is 5.26 Å². The van der Waals surface area contributed by atoms with Gasteiger partial charge in [0.1, 0.15) is 5.54 Å². The van der Waals surface area contributed by atoms with Crippen LogP contribution >= 0.6 is 0 Å². The lowest BCUT2D eigenvalue weighted by atomic mass is 9.83. The monoisotopic (exact) mass is 250 g/mol. The summed E-state index contributed by atoms with van der Waals surface area (Å²) in [6.07, 6.45) is 8.75. The van der Waals surface area contributed by atoms with Crippen molar-refractivity contribution in [3.05, 3.63) is 0 Å². The molecule has 0 bridgehead atoms. The summed E-state index contributed by atoms with van der Waals surface area (Å²) in [5, 5.41) is 12.9. The zero-order valence-electron chi connectivity index (χ0n) is 11.6. The lowest BCUT2D eigenvalue weighted by Crippen LogP contribution is -2.50. The van der Waals surface area contributed by atoms with Crippen LogP contribution in [0.2, 0.25) is 0 Å². The highest BCUT2D eigenvalue weighted by atomic mass is 16.5. The van der Waals surface area contributed by atoms with Crippen LogP contribution in [0.5, 0.6) is 0 Å². The Morgan fingerprint density at radius 2 is 2.11 bits per heavy atom.